The zero-order chi connectivity index (χ0) is 21.7. The molecule has 2 aliphatic heterocycles. The molecule has 1 fully saturated rings. The van der Waals surface area contributed by atoms with E-state index >= 15 is 0 Å². The standard InChI is InChI=1S/C22H31N5O3S.HI/c1-23-22(25-17-20(21-9-6-15-30-21)26-12-4-5-13-26)24-11-16-31(28,29)27-14-10-18-7-2-3-8-19(18)27;/h2-3,6-9,15,20H,4-5,10-14,16-17H2,1H3,(H2,23,24,25);1H. The topological polar surface area (TPSA) is 90.2 Å². The molecule has 0 bridgehead atoms. The number of nitrogens with one attached hydrogen (secondary N) is 2. The van der Waals surface area contributed by atoms with Crippen molar-refractivity contribution in [2.45, 2.75) is 25.3 Å². The van der Waals surface area contributed by atoms with Gasteiger partial charge in [-0.05, 0) is 56.1 Å². The minimum absolute atomic E-state index is 0. The van der Waals surface area contributed by atoms with Crippen LogP contribution in [-0.2, 0) is 16.4 Å². The van der Waals surface area contributed by atoms with Crippen molar-refractivity contribution in [3.05, 3.63) is 54.0 Å². The second kappa shape index (κ2) is 11.4. The predicted molar refractivity (Wildman–Crippen MR) is 138 cm³/mol. The van der Waals surface area contributed by atoms with Gasteiger partial charge >= 0.3 is 0 Å². The van der Waals surface area contributed by atoms with Crippen molar-refractivity contribution >= 4 is 45.6 Å². The van der Waals surface area contributed by atoms with E-state index in [2.05, 4.69) is 20.5 Å². The monoisotopic (exact) mass is 573 g/mol. The lowest BCUT2D eigenvalue weighted by molar-refractivity contribution is 0.215. The zero-order valence-electron chi connectivity index (χ0n) is 18.4. The molecule has 0 amide bonds. The summed E-state index contributed by atoms with van der Waals surface area (Å²) in [5, 5.41) is 6.48. The van der Waals surface area contributed by atoms with E-state index in [-0.39, 0.29) is 42.3 Å². The average Bonchev–Trinajstić information content (AvgIpc) is 3.54. The van der Waals surface area contributed by atoms with Crippen LogP contribution in [0, 0.1) is 0 Å². The Morgan fingerprint density at radius 1 is 1.12 bits per heavy atom. The Kier molecular flexibility index (Phi) is 8.83. The minimum atomic E-state index is -3.39. The number of guanidine groups is 1. The first-order valence-electron chi connectivity index (χ1n) is 10.9. The highest BCUT2D eigenvalue weighted by atomic mass is 127. The van der Waals surface area contributed by atoms with Gasteiger partial charge in [-0.15, -0.1) is 24.0 Å². The number of anilines is 1. The van der Waals surface area contributed by atoms with Crippen LogP contribution in [0.3, 0.4) is 0 Å². The van der Waals surface area contributed by atoms with E-state index in [4.69, 9.17) is 4.42 Å². The highest BCUT2D eigenvalue weighted by Gasteiger charge is 2.29. The van der Waals surface area contributed by atoms with E-state index < -0.39 is 10.0 Å². The summed E-state index contributed by atoms with van der Waals surface area (Å²) in [6, 6.07) is 11.7. The van der Waals surface area contributed by atoms with Crippen LogP contribution in [0.1, 0.15) is 30.2 Å². The zero-order valence-corrected chi connectivity index (χ0v) is 21.5. The van der Waals surface area contributed by atoms with Gasteiger partial charge in [0.15, 0.2) is 5.96 Å². The molecule has 1 aromatic carbocycles. The Balaban J connectivity index is 0.00000289. The van der Waals surface area contributed by atoms with Gasteiger partial charge in [0.2, 0.25) is 10.0 Å². The first-order valence-corrected chi connectivity index (χ1v) is 12.5. The van der Waals surface area contributed by atoms with Crippen LogP contribution >= 0.6 is 24.0 Å². The number of nitrogens with zero attached hydrogens (tertiary/aromatic N) is 3. The van der Waals surface area contributed by atoms with Gasteiger partial charge in [-0.1, -0.05) is 18.2 Å². The lowest BCUT2D eigenvalue weighted by Crippen LogP contribution is -2.44. The van der Waals surface area contributed by atoms with E-state index in [0.717, 1.165) is 36.5 Å². The number of furan rings is 1. The second-order valence-corrected chi connectivity index (χ2v) is 9.93. The quantitative estimate of drug-likeness (QED) is 0.287. The number of hydrogen-bond acceptors (Lipinski definition) is 5. The lowest BCUT2D eigenvalue weighted by Gasteiger charge is -2.26. The van der Waals surface area contributed by atoms with Gasteiger partial charge < -0.3 is 15.1 Å². The van der Waals surface area contributed by atoms with E-state index in [9.17, 15) is 8.42 Å². The third kappa shape index (κ3) is 5.76. The normalized spacial score (nSPS) is 17.7. The van der Waals surface area contributed by atoms with Crippen LogP contribution < -0.4 is 14.9 Å². The summed E-state index contributed by atoms with van der Waals surface area (Å²) in [4.78, 5) is 6.67. The molecule has 2 N–H and O–H groups in total. The largest absolute Gasteiger partial charge is 0.468 e. The van der Waals surface area contributed by atoms with Crippen molar-refractivity contribution < 1.29 is 12.8 Å². The Morgan fingerprint density at radius 3 is 2.62 bits per heavy atom. The van der Waals surface area contributed by atoms with Gasteiger partial charge in [-0.3, -0.25) is 14.2 Å². The van der Waals surface area contributed by atoms with Gasteiger partial charge in [0.1, 0.15) is 5.76 Å². The number of sulfonamides is 1. The van der Waals surface area contributed by atoms with Gasteiger partial charge in [0.25, 0.3) is 0 Å². The number of likely N-dealkylation sites (tertiary alicyclic amines) is 1. The molecular formula is C22H32IN5O3S. The maximum Gasteiger partial charge on any atom is 0.236 e. The molecule has 0 saturated carbocycles. The van der Waals surface area contributed by atoms with Crippen molar-refractivity contribution in [2.24, 2.45) is 4.99 Å². The number of aliphatic imine (C=N–C) groups is 1. The number of halogens is 1. The van der Waals surface area contributed by atoms with Crippen molar-refractivity contribution in [2.75, 3.05) is 49.8 Å². The fraction of sp³-hybridized carbons (Fsp3) is 0.500. The Hall–Kier alpha value is -1.79. The predicted octanol–water partition coefficient (Wildman–Crippen LogP) is 2.59. The molecule has 2 aliphatic rings. The van der Waals surface area contributed by atoms with Gasteiger partial charge in [-0.2, -0.15) is 0 Å². The summed E-state index contributed by atoms with van der Waals surface area (Å²) in [6.07, 6.45) is 4.85. The van der Waals surface area contributed by atoms with Crippen molar-refractivity contribution in [3.8, 4) is 0 Å². The van der Waals surface area contributed by atoms with Crippen molar-refractivity contribution in [1.29, 1.82) is 0 Å². The first-order chi connectivity index (χ1) is 15.1. The minimum Gasteiger partial charge on any atom is -0.468 e. The van der Waals surface area contributed by atoms with Gasteiger partial charge in [0, 0.05) is 26.7 Å². The Morgan fingerprint density at radius 2 is 1.91 bits per heavy atom. The van der Waals surface area contributed by atoms with E-state index in [1.165, 1.54) is 17.1 Å². The molecule has 4 rings (SSSR count). The highest BCUT2D eigenvalue weighted by Crippen LogP contribution is 2.30. The molecule has 8 nitrogen and oxygen atoms in total. The molecule has 1 atom stereocenters. The number of rotatable bonds is 8. The SMILES string of the molecule is CN=C(NCCS(=O)(=O)N1CCc2ccccc21)NCC(c1ccco1)N1CCCC1.I. The average molecular weight is 574 g/mol. The first kappa shape index (κ1) is 24.8. The summed E-state index contributed by atoms with van der Waals surface area (Å²) in [5.74, 6) is 1.53. The molecule has 0 aliphatic carbocycles. The van der Waals surface area contributed by atoms with Gasteiger partial charge in [0.05, 0.1) is 23.7 Å². The maximum absolute atomic E-state index is 12.9. The fourth-order valence-electron chi connectivity index (χ4n) is 4.36. The third-order valence-electron chi connectivity index (χ3n) is 5.97. The third-order valence-corrected chi connectivity index (χ3v) is 7.74. The van der Waals surface area contributed by atoms with Crippen LogP contribution in [0.4, 0.5) is 5.69 Å². The molecule has 3 heterocycles. The van der Waals surface area contributed by atoms with Crippen LogP contribution in [0.25, 0.3) is 0 Å². The van der Waals surface area contributed by atoms with Crippen LogP contribution in [0.5, 0.6) is 0 Å². The Labute approximate surface area is 207 Å². The summed E-state index contributed by atoms with van der Waals surface area (Å²) in [5.41, 5.74) is 1.89. The van der Waals surface area contributed by atoms with Crippen LogP contribution in [-0.4, -0.2) is 64.8 Å². The van der Waals surface area contributed by atoms with E-state index in [1.807, 2.05) is 36.4 Å². The molecular weight excluding hydrogens is 541 g/mol. The smallest absolute Gasteiger partial charge is 0.236 e. The van der Waals surface area contributed by atoms with Crippen molar-refractivity contribution in [1.82, 2.24) is 15.5 Å². The molecule has 0 radical (unpaired) electrons. The van der Waals surface area contributed by atoms with E-state index in [0.29, 0.717) is 19.0 Å². The van der Waals surface area contributed by atoms with Crippen molar-refractivity contribution in [3.63, 3.8) is 0 Å². The summed E-state index contributed by atoms with van der Waals surface area (Å²) >= 11 is 0. The second-order valence-electron chi connectivity index (χ2n) is 7.92. The molecule has 0 spiro atoms. The lowest BCUT2D eigenvalue weighted by atomic mass is 10.2. The Bertz CT molecular complexity index is 991. The number of benzene rings is 1. The number of fused-ring (bicyclic) bond motifs is 1. The molecule has 2 aromatic rings. The molecule has 10 heteroatoms. The molecule has 176 valence electrons. The molecule has 1 aromatic heterocycles. The number of hydrogen-bond donors (Lipinski definition) is 2. The fourth-order valence-corrected chi connectivity index (χ4v) is 5.79. The summed E-state index contributed by atoms with van der Waals surface area (Å²) < 4.78 is 32.9. The number of para-hydroxylation sites is 1. The summed E-state index contributed by atoms with van der Waals surface area (Å²) in [6.45, 7) is 3.54. The maximum atomic E-state index is 12.9. The van der Waals surface area contributed by atoms with E-state index in [1.54, 1.807) is 13.3 Å². The summed E-state index contributed by atoms with van der Waals surface area (Å²) in [7, 11) is -1.70. The van der Waals surface area contributed by atoms with Crippen LogP contribution in [0.15, 0.2) is 52.1 Å². The molecule has 1 saturated heterocycles. The molecule has 1 unspecified atom stereocenters. The van der Waals surface area contributed by atoms with Gasteiger partial charge in [-0.25, -0.2) is 8.42 Å². The van der Waals surface area contributed by atoms with Crippen LogP contribution in [0.2, 0.25) is 0 Å². The highest BCUT2D eigenvalue weighted by molar-refractivity contribution is 14.0. The molecule has 32 heavy (non-hydrogen) atoms.